The number of nitrogens with one attached hydrogen (secondary N) is 1. The Labute approximate surface area is 188 Å². The summed E-state index contributed by atoms with van der Waals surface area (Å²) in [6, 6.07) is 15.5. The summed E-state index contributed by atoms with van der Waals surface area (Å²) in [5, 5.41) is 2.60. The van der Waals surface area contributed by atoms with Crippen molar-refractivity contribution in [1.82, 2.24) is 14.3 Å². The molecule has 2 aromatic carbocycles. The smallest absolute Gasteiger partial charge is 0.347 e. The minimum absolute atomic E-state index is 0.144. The van der Waals surface area contributed by atoms with Gasteiger partial charge in [0, 0.05) is 6.07 Å². The first kappa shape index (κ1) is 20.7. The number of rotatable bonds is 5. The predicted octanol–water partition coefficient (Wildman–Crippen LogP) is 1.70. The fraction of sp³-hybridized carbons (Fsp3) is 0.250. The second-order valence-corrected chi connectivity index (χ2v) is 8.17. The molecule has 9 nitrogen and oxygen atoms in total. The Morgan fingerprint density at radius 1 is 0.970 bits per heavy atom. The van der Waals surface area contributed by atoms with E-state index >= 15 is 0 Å². The first-order valence-corrected chi connectivity index (χ1v) is 10.6. The third kappa shape index (κ3) is 3.51. The lowest BCUT2D eigenvalue weighted by atomic mass is 9.84. The maximum absolute atomic E-state index is 13.2. The molecule has 1 fully saturated rings. The summed E-state index contributed by atoms with van der Waals surface area (Å²) in [6.45, 7) is 0.144. The summed E-state index contributed by atoms with van der Waals surface area (Å²) < 4.78 is 7.57. The molecule has 0 radical (unpaired) electrons. The number of imide groups is 1. The Morgan fingerprint density at radius 2 is 1.76 bits per heavy atom. The standard InChI is InChI=1S/C24H22N4O5/c1-33-18-9-5-8-16(12-18)27-21(29)19-11-10-17(13-20(19)22(27)30)28-24(32)26(23(31)25-28)14-15-6-3-2-4-7-15/h2-12,17,19-20H,13-14H2,1H3,(H,25,31)/t17-,19-,20+/m0/s1. The number of H-pyrrole nitrogens is 1. The maximum atomic E-state index is 13.2. The number of amides is 2. The number of methoxy groups -OCH3 is 1. The SMILES string of the molecule is COc1cccc(N2C(=O)[C@H]3C=C[C@H](n4[nH]c(=O)n(Cc5ccccc5)c4=O)C[C@H]3C2=O)c1. The molecule has 5 rings (SSSR count). The summed E-state index contributed by atoms with van der Waals surface area (Å²) in [5.74, 6) is -1.32. The zero-order valence-electron chi connectivity index (χ0n) is 17.9. The molecule has 0 bridgehead atoms. The summed E-state index contributed by atoms with van der Waals surface area (Å²) in [4.78, 5) is 52.8. The van der Waals surface area contributed by atoms with Crippen LogP contribution in [0.2, 0.25) is 0 Å². The highest BCUT2D eigenvalue weighted by molar-refractivity contribution is 6.22. The maximum Gasteiger partial charge on any atom is 0.347 e. The van der Waals surface area contributed by atoms with E-state index in [4.69, 9.17) is 4.74 Å². The van der Waals surface area contributed by atoms with Crippen molar-refractivity contribution < 1.29 is 14.3 Å². The Balaban J connectivity index is 1.42. The highest BCUT2D eigenvalue weighted by atomic mass is 16.5. The van der Waals surface area contributed by atoms with Gasteiger partial charge in [-0.3, -0.25) is 9.59 Å². The minimum Gasteiger partial charge on any atom is -0.497 e. The van der Waals surface area contributed by atoms with Crippen molar-refractivity contribution in [2.75, 3.05) is 12.0 Å². The second kappa shape index (κ2) is 8.09. The largest absolute Gasteiger partial charge is 0.497 e. The van der Waals surface area contributed by atoms with Crippen molar-refractivity contribution in [2.45, 2.75) is 19.0 Å². The molecule has 1 N–H and O–H groups in total. The van der Waals surface area contributed by atoms with Crippen LogP contribution in [0.1, 0.15) is 18.0 Å². The fourth-order valence-electron chi connectivity index (χ4n) is 4.55. The third-order valence-electron chi connectivity index (χ3n) is 6.24. The van der Waals surface area contributed by atoms with Crippen molar-refractivity contribution in [3.8, 4) is 5.75 Å². The molecule has 1 aliphatic heterocycles. The lowest BCUT2D eigenvalue weighted by Gasteiger charge is -2.23. The van der Waals surface area contributed by atoms with Gasteiger partial charge in [-0.05, 0) is 24.1 Å². The van der Waals surface area contributed by atoms with Crippen molar-refractivity contribution in [1.29, 1.82) is 0 Å². The summed E-state index contributed by atoms with van der Waals surface area (Å²) in [7, 11) is 1.52. The van der Waals surface area contributed by atoms with Gasteiger partial charge >= 0.3 is 11.4 Å². The van der Waals surface area contributed by atoms with Crippen molar-refractivity contribution in [2.24, 2.45) is 11.8 Å². The van der Waals surface area contributed by atoms with Gasteiger partial charge in [-0.2, -0.15) is 0 Å². The van der Waals surface area contributed by atoms with Gasteiger partial charge in [0.05, 0.1) is 37.2 Å². The molecule has 0 saturated carbocycles. The molecule has 1 aromatic heterocycles. The fourth-order valence-corrected chi connectivity index (χ4v) is 4.55. The number of anilines is 1. The van der Waals surface area contributed by atoms with Crippen LogP contribution in [0.15, 0.2) is 76.3 Å². The van der Waals surface area contributed by atoms with E-state index in [0.717, 1.165) is 10.1 Å². The molecule has 1 aliphatic carbocycles. The molecular formula is C24H22N4O5. The normalized spacial score (nSPS) is 22.0. The summed E-state index contributed by atoms with van der Waals surface area (Å²) in [5.41, 5.74) is 0.264. The molecular weight excluding hydrogens is 424 g/mol. The van der Waals surface area contributed by atoms with E-state index in [-0.39, 0.29) is 24.8 Å². The lowest BCUT2D eigenvalue weighted by molar-refractivity contribution is -0.122. The van der Waals surface area contributed by atoms with E-state index in [9.17, 15) is 19.2 Å². The van der Waals surface area contributed by atoms with E-state index in [1.165, 1.54) is 16.7 Å². The molecule has 33 heavy (non-hydrogen) atoms. The number of allylic oxidation sites excluding steroid dienone is 1. The van der Waals surface area contributed by atoms with E-state index in [2.05, 4.69) is 5.10 Å². The van der Waals surface area contributed by atoms with Crippen LogP contribution < -0.4 is 21.0 Å². The molecule has 168 valence electrons. The quantitative estimate of drug-likeness (QED) is 0.474. The summed E-state index contributed by atoms with van der Waals surface area (Å²) in [6.07, 6.45) is 3.61. The molecule has 9 heteroatoms. The van der Waals surface area contributed by atoms with Crippen LogP contribution in [0.3, 0.4) is 0 Å². The lowest BCUT2D eigenvalue weighted by Crippen LogP contribution is -2.33. The average Bonchev–Trinajstić information content (AvgIpc) is 3.26. The Bertz CT molecular complexity index is 1370. The number of ether oxygens (including phenoxy) is 1. The highest BCUT2D eigenvalue weighted by Crippen LogP contribution is 2.40. The zero-order chi connectivity index (χ0) is 23.1. The van der Waals surface area contributed by atoms with Crippen LogP contribution in [0.4, 0.5) is 5.69 Å². The van der Waals surface area contributed by atoms with E-state index < -0.39 is 29.3 Å². The number of carbonyl (C=O) groups excluding carboxylic acids is 2. The van der Waals surface area contributed by atoms with Crippen LogP contribution in [-0.4, -0.2) is 33.3 Å². The molecule has 2 heterocycles. The number of hydrogen-bond donors (Lipinski definition) is 1. The van der Waals surface area contributed by atoms with Crippen LogP contribution >= 0.6 is 0 Å². The average molecular weight is 446 g/mol. The van der Waals surface area contributed by atoms with Crippen LogP contribution in [0.5, 0.6) is 5.75 Å². The monoisotopic (exact) mass is 446 g/mol. The topological polar surface area (TPSA) is 106 Å². The van der Waals surface area contributed by atoms with Crippen LogP contribution in [0, 0.1) is 11.8 Å². The third-order valence-corrected chi connectivity index (χ3v) is 6.24. The van der Waals surface area contributed by atoms with E-state index in [1.807, 2.05) is 30.3 Å². The molecule has 1 saturated heterocycles. The van der Waals surface area contributed by atoms with Crippen LogP contribution in [0.25, 0.3) is 0 Å². The number of benzene rings is 2. The number of aromatic amines is 1. The molecule has 2 aliphatic rings. The summed E-state index contributed by atoms with van der Waals surface area (Å²) >= 11 is 0. The Hall–Kier alpha value is -4.14. The number of carbonyl (C=O) groups is 2. The van der Waals surface area contributed by atoms with Crippen molar-refractivity contribution in [3.05, 3.63) is 93.3 Å². The van der Waals surface area contributed by atoms with Gasteiger partial charge < -0.3 is 4.74 Å². The number of nitrogens with zero attached hydrogens (tertiary/aromatic N) is 3. The number of fused-ring (bicyclic) bond motifs is 1. The van der Waals surface area contributed by atoms with Gasteiger partial charge in [0.2, 0.25) is 11.8 Å². The van der Waals surface area contributed by atoms with Gasteiger partial charge in [0.1, 0.15) is 5.75 Å². The van der Waals surface area contributed by atoms with E-state index in [0.29, 0.717) is 11.4 Å². The van der Waals surface area contributed by atoms with Crippen molar-refractivity contribution >= 4 is 17.5 Å². The number of aromatic nitrogens is 3. The van der Waals surface area contributed by atoms with Crippen molar-refractivity contribution in [3.63, 3.8) is 0 Å². The highest BCUT2D eigenvalue weighted by Gasteiger charge is 2.49. The van der Waals surface area contributed by atoms with Gasteiger partial charge in [-0.25, -0.2) is 28.8 Å². The second-order valence-electron chi connectivity index (χ2n) is 8.17. The Kier molecular flexibility index (Phi) is 5.08. The molecule has 3 aromatic rings. The number of hydrogen-bond acceptors (Lipinski definition) is 5. The predicted molar refractivity (Wildman–Crippen MR) is 120 cm³/mol. The minimum atomic E-state index is -0.619. The Morgan fingerprint density at radius 3 is 2.52 bits per heavy atom. The molecule has 0 spiro atoms. The zero-order valence-corrected chi connectivity index (χ0v) is 17.9. The van der Waals surface area contributed by atoms with Gasteiger partial charge in [0.25, 0.3) is 0 Å². The van der Waals surface area contributed by atoms with Crippen LogP contribution in [-0.2, 0) is 16.1 Å². The molecule has 3 atom stereocenters. The first-order chi connectivity index (χ1) is 16.0. The molecule has 0 unspecified atom stereocenters. The van der Waals surface area contributed by atoms with E-state index in [1.54, 1.807) is 36.4 Å². The van der Waals surface area contributed by atoms with Gasteiger partial charge in [-0.15, -0.1) is 0 Å². The van der Waals surface area contributed by atoms with Gasteiger partial charge in [-0.1, -0.05) is 48.6 Å². The first-order valence-electron chi connectivity index (χ1n) is 10.6. The van der Waals surface area contributed by atoms with Gasteiger partial charge in [0.15, 0.2) is 0 Å². The molecule has 2 amide bonds.